The minimum atomic E-state index is -0.155. The third-order valence-corrected chi connectivity index (χ3v) is 6.21. The number of anilines is 1. The smallest absolute Gasteiger partial charge is 0.251 e. The number of thioether (sulfide) groups is 1. The molecule has 9 heteroatoms. The zero-order valence-corrected chi connectivity index (χ0v) is 19.9. The SMILES string of the molecule is Cc1cc(I)ccc1NC(=O)CSc1nnc(CNC(=O)c2ccccc2C)n1C. The van der Waals surface area contributed by atoms with Gasteiger partial charge in [0.05, 0.1) is 12.3 Å². The number of aromatic nitrogens is 3. The van der Waals surface area contributed by atoms with Crippen LogP contribution < -0.4 is 10.6 Å². The molecule has 30 heavy (non-hydrogen) atoms. The number of rotatable bonds is 7. The van der Waals surface area contributed by atoms with Crippen molar-refractivity contribution in [2.45, 2.75) is 25.5 Å². The van der Waals surface area contributed by atoms with Crippen LogP contribution in [0.3, 0.4) is 0 Å². The van der Waals surface area contributed by atoms with Crippen molar-refractivity contribution < 1.29 is 9.59 Å². The molecule has 0 fully saturated rings. The normalized spacial score (nSPS) is 10.7. The first-order chi connectivity index (χ1) is 14.3. The Hall–Kier alpha value is -2.40. The van der Waals surface area contributed by atoms with Crippen molar-refractivity contribution in [2.75, 3.05) is 11.1 Å². The molecule has 0 saturated heterocycles. The van der Waals surface area contributed by atoms with E-state index in [4.69, 9.17) is 0 Å². The van der Waals surface area contributed by atoms with Crippen molar-refractivity contribution in [3.05, 3.63) is 68.5 Å². The number of nitrogens with zero attached hydrogens (tertiary/aromatic N) is 3. The van der Waals surface area contributed by atoms with Gasteiger partial charge in [0, 0.05) is 21.9 Å². The molecule has 1 aromatic heterocycles. The Labute approximate surface area is 193 Å². The van der Waals surface area contributed by atoms with E-state index in [1.54, 1.807) is 10.6 Å². The van der Waals surface area contributed by atoms with Crippen molar-refractivity contribution >= 4 is 51.9 Å². The van der Waals surface area contributed by atoms with Crippen molar-refractivity contribution in [3.63, 3.8) is 0 Å². The summed E-state index contributed by atoms with van der Waals surface area (Å²) in [7, 11) is 1.82. The van der Waals surface area contributed by atoms with E-state index >= 15 is 0 Å². The Morgan fingerprint density at radius 3 is 2.60 bits per heavy atom. The van der Waals surface area contributed by atoms with Crippen LogP contribution in [0.15, 0.2) is 47.6 Å². The standard InChI is InChI=1S/C21H22IN5O2S/c1-13-6-4-5-7-16(13)20(29)23-11-18-25-26-21(27(18)3)30-12-19(28)24-17-9-8-15(22)10-14(17)2/h4-10H,11-12H2,1-3H3,(H,23,29)(H,24,28). The Balaban J connectivity index is 1.54. The molecule has 2 N–H and O–H groups in total. The van der Waals surface area contributed by atoms with Crippen LogP contribution in [0, 0.1) is 17.4 Å². The molecule has 0 aliphatic carbocycles. The molecule has 3 rings (SSSR count). The quantitative estimate of drug-likeness (QED) is 0.356. The van der Waals surface area contributed by atoms with Gasteiger partial charge in [0.2, 0.25) is 5.91 Å². The lowest BCUT2D eigenvalue weighted by Gasteiger charge is -2.09. The lowest BCUT2D eigenvalue weighted by Crippen LogP contribution is -2.25. The highest BCUT2D eigenvalue weighted by molar-refractivity contribution is 14.1. The van der Waals surface area contributed by atoms with Gasteiger partial charge >= 0.3 is 0 Å². The second kappa shape index (κ2) is 10.1. The fourth-order valence-electron chi connectivity index (χ4n) is 2.79. The largest absolute Gasteiger partial charge is 0.345 e. The first kappa shape index (κ1) is 22.3. The fraction of sp³-hybridized carbons (Fsp3) is 0.238. The average Bonchev–Trinajstić information content (AvgIpc) is 3.06. The van der Waals surface area contributed by atoms with Gasteiger partial charge in [0.25, 0.3) is 5.91 Å². The number of aryl methyl sites for hydroxylation is 2. The van der Waals surface area contributed by atoms with Crippen molar-refractivity contribution in [1.82, 2.24) is 20.1 Å². The summed E-state index contributed by atoms with van der Waals surface area (Å²) in [5.41, 5.74) is 3.37. The number of nitrogens with one attached hydrogen (secondary N) is 2. The van der Waals surface area contributed by atoms with E-state index < -0.39 is 0 Å². The molecule has 156 valence electrons. The highest BCUT2D eigenvalue weighted by Crippen LogP contribution is 2.20. The number of hydrogen-bond acceptors (Lipinski definition) is 5. The Bertz CT molecular complexity index is 1080. The van der Waals surface area contributed by atoms with Crippen LogP contribution in [0.1, 0.15) is 27.3 Å². The highest BCUT2D eigenvalue weighted by Gasteiger charge is 2.14. The zero-order valence-electron chi connectivity index (χ0n) is 16.9. The van der Waals surface area contributed by atoms with E-state index in [2.05, 4.69) is 43.4 Å². The van der Waals surface area contributed by atoms with E-state index in [1.807, 2.05) is 57.3 Å². The van der Waals surface area contributed by atoms with Gasteiger partial charge in [-0.05, 0) is 71.8 Å². The molecular formula is C21H22IN5O2S. The summed E-state index contributed by atoms with van der Waals surface area (Å²) in [6.45, 7) is 4.12. The van der Waals surface area contributed by atoms with Crippen LogP contribution in [-0.4, -0.2) is 32.3 Å². The maximum Gasteiger partial charge on any atom is 0.251 e. The number of carbonyl (C=O) groups excluding carboxylic acids is 2. The minimum Gasteiger partial charge on any atom is -0.345 e. The lowest BCUT2D eigenvalue weighted by molar-refractivity contribution is -0.113. The summed E-state index contributed by atoms with van der Waals surface area (Å²) in [6, 6.07) is 13.3. The van der Waals surface area contributed by atoms with Crippen LogP contribution in [0.25, 0.3) is 0 Å². The molecular weight excluding hydrogens is 513 g/mol. The van der Waals surface area contributed by atoms with Gasteiger partial charge in [0.1, 0.15) is 0 Å². The first-order valence-electron chi connectivity index (χ1n) is 9.26. The molecule has 3 aromatic rings. The van der Waals surface area contributed by atoms with E-state index in [9.17, 15) is 9.59 Å². The number of hydrogen-bond donors (Lipinski definition) is 2. The molecule has 0 aliphatic rings. The molecule has 0 aliphatic heterocycles. The lowest BCUT2D eigenvalue weighted by atomic mass is 10.1. The molecule has 2 amide bonds. The molecule has 0 bridgehead atoms. The molecule has 7 nitrogen and oxygen atoms in total. The third kappa shape index (κ3) is 5.60. The first-order valence-corrected chi connectivity index (χ1v) is 11.3. The second-order valence-electron chi connectivity index (χ2n) is 6.75. The summed E-state index contributed by atoms with van der Waals surface area (Å²) in [4.78, 5) is 24.7. The van der Waals surface area contributed by atoms with Crippen molar-refractivity contribution in [3.8, 4) is 0 Å². The van der Waals surface area contributed by atoms with Gasteiger partial charge in [-0.25, -0.2) is 0 Å². The Morgan fingerprint density at radius 2 is 1.87 bits per heavy atom. The van der Waals surface area contributed by atoms with Crippen LogP contribution in [0.2, 0.25) is 0 Å². The predicted molar refractivity (Wildman–Crippen MR) is 127 cm³/mol. The van der Waals surface area contributed by atoms with E-state index in [-0.39, 0.29) is 24.1 Å². The van der Waals surface area contributed by atoms with Crippen molar-refractivity contribution in [1.29, 1.82) is 0 Å². The minimum absolute atomic E-state index is 0.110. The second-order valence-corrected chi connectivity index (χ2v) is 8.94. The summed E-state index contributed by atoms with van der Waals surface area (Å²) in [5.74, 6) is 0.570. The average molecular weight is 535 g/mol. The van der Waals surface area contributed by atoms with E-state index in [0.29, 0.717) is 16.5 Å². The van der Waals surface area contributed by atoms with E-state index in [1.165, 1.54) is 11.8 Å². The number of halogens is 1. The van der Waals surface area contributed by atoms with Crippen LogP contribution in [0.5, 0.6) is 0 Å². The third-order valence-electron chi connectivity index (χ3n) is 4.52. The predicted octanol–water partition coefficient (Wildman–Crippen LogP) is 3.70. The van der Waals surface area contributed by atoms with Gasteiger partial charge in [-0.3, -0.25) is 9.59 Å². The van der Waals surface area contributed by atoms with Gasteiger partial charge < -0.3 is 15.2 Å². The van der Waals surface area contributed by atoms with Gasteiger partial charge in [0.15, 0.2) is 11.0 Å². The van der Waals surface area contributed by atoms with Gasteiger partial charge in [-0.1, -0.05) is 30.0 Å². The highest BCUT2D eigenvalue weighted by atomic mass is 127. The van der Waals surface area contributed by atoms with Crippen LogP contribution in [0.4, 0.5) is 5.69 Å². The van der Waals surface area contributed by atoms with Crippen LogP contribution >= 0.6 is 34.4 Å². The molecule has 0 spiro atoms. The monoisotopic (exact) mass is 535 g/mol. The molecule has 0 atom stereocenters. The summed E-state index contributed by atoms with van der Waals surface area (Å²) < 4.78 is 2.91. The number of carbonyl (C=O) groups is 2. The molecule has 1 heterocycles. The maximum atomic E-state index is 12.4. The number of benzene rings is 2. The van der Waals surface area contributed by atoms with Gasteiger partial charge in [-0.15, -0.1) is 10.2 Å². The van der Waals surface area contributed by atoms with Crippen LogP contribution in [-0.2, 0) is 18.4 Å². The van der Waals surface area contributed by atoms with Crippen molar-refractivity contribution in [2.24, 2.45) is 7.05 Å². The zero-order chi connectivity index (χ0) is 21.7. The van der Waals surface area contributed by atoms with E-state index in [0.717, 1.165) is 20.4 Å². The summed E-state index contributed by atoms with van der Waals surface area (Å²) >= 11 is 3.54. The Morgan fingerprint density at radius 1 is 1.10 bits per heavy atom. The molecule has 2 aromatic carbocycles. The fourth-order valence-corrected chi connectivity index (χ4v) is 4.17. The summed E-state index contributed by atoms with van der Waals surface area (Å²) in [6.07, 6.45) is 0. The molecule has 0 radical (unpaired) electrons. The number of amides is 2. The maximum absolute atomic E-state index is 12.4. The van der Waals surface area contributed by atoms with Gasteiger partial charge in [-0.2, -0.15) is 0 Å². The molecule has 0 saturated carbocycles. The summed E-state index contributed by atoms with van der Waals surface area (Å²) in [5, 5.41) is 14.7. The topological polar surface area (TPSA) is 88.9 Å². The Kier molecular flexibility index (Phi) is 7.48. The molecule has 0 unspecified atom stereocenters.